The zero-order valence-electron chi connectivity index (χ0n) is 10.1. The lowest BCUT2D eigenvalue weighted by atomic mass is 9.59. The van der Waals surface area contributed by atoms with Crippen LogP contribution in [0.1, 0.15) is 0 Å². The van der Waals surface area contributed by atoms with E-state index in [9.17, 15) is 28.8 Å². The highest BCUT2D eigenvalue weighted by Crippen LogP contribution is 2.55. The highest BCUT2D eigenvalue weighted by atomic mass is 16.6. The molecule has 0 atom stereocenters. The van der Waals surface area contributed by atoms with Gasteiger partial charge in [-0.25, -0.2) is 0 Å². The zero-order valence-corrected chi connectivity index (χ0v) is 10.1. The fourth-order valence-corrected chi connectivity index (χ4v) is 3.81. The van der Waals surface area contributed by atoms with Crippen molar-refractivity contribution in [1.82, 2.24) is 0 Å². The minimum atomic E-state index is -1.29. The molecule has 0 amide bonds. The van der Waals surface area contributed by atoms with Crippen LogP contribution in [0.4, 0.5) is 0 Å². The standard InChI is InChI=1S/C12H6O9/c13-7-1-2(8(14)19-7)4-6(12(18)21-11(4)17)5-3(1)9(15)20-10(5)16/h1-6H. The van der Waals surface area contributed by atoms with Crippen molar-refractivity contribution in [2.24, 2.45) is 35.5 Å². The fourth-order valence-electron chi connectivity index (χ4n) is 3.81. The SMILES string of the molecule is O=C1OC(=O)C2C1C1C(=O)OC(=O)C1C1C(=O)OC(=O)C21. The molecule has 0 bridgehead atoms. The molecule has 4 rings (SSSR count). The smallest absolute Gasteiger partial charge is 0.318 e. The molecule has 0 aromatic carbocycles. The van der Waals surface area contributed by atoms with E-state index in [0.29, 0.717) is 0 Å². The van der Waals surface area contributed by atoms with Crippen LogP contribution in [0.15, 0.2) is 0 Å². The number of rotatable bonds is 0. The van der Waals surface area contributed by atoms with Crippen LogP contribution in [0.25, 0.3) is 0 Å². The first-order valence-corrected chi connectivity index (χ1v) is 6.18. The number of hydrogen-bond acceptors (Lipinski definition) is 9. The Labute approximate surface area is 115 Å². The van der Waals surface area contributed by atoms with Crippen LogP contribution in [-0.4, -0.2) is 35.8 Å². The van der Waals surface area contributed by atoms with Gasteiger partial charge in [0.1, 0.15) is 0 Å². The number of hydrogen-bond donors (Lipinski definition) is 0. The van der Waals surface area contributed by atoms with Crippen molar-refractivity contribution < 1.29 is 43.0 Å². The lowest BCUT2D eigenvalue weighted by molar-refractivity contribution is -0.158. The molecule has 4 fully saturated rings. The van der Waals surface area contributed by atoms with Crippen LogP contribution in [0.3, 0.4) is 0 Å². The molecule has 4 aliphatic rings. The third-order valence-electron chi connectivity index (χ3n) is 4.56. The maximum Gasteiger partial charge on any atom is 0.318 e. The normalized spacial score (nSPS) is 44.0. The molecule has 0 unspecified atom stereocenters. The van der Waals surface area contributed by atoms with Gasteiger partial charge in [-0.15, -0.1) is 0 Å². The van der Waals surface area contributed by atoms with E-state index in [4.69, 9.17) is 0 Å². The van der Waals surface area contributed by atoms with Crippen LogP contribution >= 0.6 is 0 Å². The number of cyclic esters (lactones) is 6. The molecule has 3 heterocycles. The Kier molecular flexibility index (Phi) is 2.05. The second-order valence-corrected chi connectivity index (χ2v) is 5.38. The van der Waals surface area contributed by atoms with E-state index in [-0.39, 0.29) is 0 Å². The number of ether oxygens (including phenoxy) is 3. The average Bonchev–Trinajstić information content (AvgIpc) is 2.96. The molecular formula is C12H6O9. The highest BCUT2D eigenvalue weighted by molar-refractivity contribution is 6.10. The Morgan fingerprint density at radius 2 is 0.524 bits per heavy atom. The van der Waals surface area contributed by atoms with Crippen LogP contribution in [0.5, 0.6) is 0 Å². The van der Waals surface area contributed by atoms with Gasteiger partial charge in [-0.1, -0.05) is 0 Å². The van der Waals surface area contributed by atoms with Gasteiger partial charge in [0.05, 0.1) is 35.5 Å². The highest BCUT2D eigenvalue weighted by Gasteiger charge is 2.73. The van der Waals surface area contributed by atoms with Gasteiger partial charge in [0.15, 0.2) is 0 Å². The molecule has 3 aliphatic heterocycles. The van der Waals surface area contributed by atoms with Gasteiger partial charge in [0.2, 0.25) is 0 Å². The number of esters is 6. The molecule has 3 saturated heterocycles. The minimum absolute atomic E-state index is 0.989. The van der Waals surface area contributed by atoms with Gasteiger partial charge >= 0.3 is 35.8 Å². The lowest BCUT2D eigenvalue weighted by Crippen LogP contribution is -2.50. The molecule has 0 radical (unpaired) electrons. The molecule has 0 spiro atoms. The van der Waals surface area contributed by atoms with Crippen molar-refractivity contribution in [3.63, 3.8) is 0 Å². The number of carbonyl (C=O) groups is 6. The van der Waals surface area contributed by atoms with Crippen molar-refractivity contribution in [1.29, 1.82) is 0 Å². The molecule has 21 heavy (non-hydrogen) atoms. The van der Waals surface area contributed by atoms with Crippen LogP contribution in [-0.2, 0) is 43.0 Å². The molecule has 108 valence electrons. The molecule has 0 aromatic rings. The summed E-state index contributed by atoms with van der Waals surface area (Å²) in [6.45, 7) is 0. The lowest BCUT2D eigenvalue weighted by Gasteiger charge is -2.33. The Bertz CT molecular complexity index is 505. The summed E-state index contributed by atoms with van der Waals surface area (Å²) >= 11 is 0. The van der Waals surface area contributed by atoms with Gasteiger partial charge in [0, 0.05) is 0 Å². The summed E-state index contributed by atoms with van der Waals surface area (Å²) < 4.78 is 13.4. The largest absolute Gasteiger partial charge is 0.393 e. The van der Waals surface area contributed by atoms with Gasteiger partial charge in [-0.2, -0.15) is 0 Å². The third kappa shape index (κ3) is 1.26. The summed E-state index contributed by atoms with van der Waals surface area (Å²) in [5.41, 5.74) is 0. The van der Waals surface area contributed by atoms with E-state index in [2.05, 4.69) is 14.2 Å². The molecule has 9 nitrogen and oxygen atoms in total. The Morgan fingerprint density at radius 3 is 0.667 bits per heavy atom. The summed E-state index contributed by atoms with van der Waals surface area (Å²) in [5.74, 6) is -13.7. The van der Waals surface area contributed by atoms with Gasteiger partial charge in [-0.05, 0) is 0 Å². The van der Waals surface area contributed by atoms with Gasteiger partial charge in [-0.3, -0.25) is 28.8 Å². The van der Waals surface area contributed by atoms with Crippen molar-refractivity contribution >= 4 is 35.8 Å². The van der Waals surface area contributed by atoms with E-state index < -0.39 is 71.3 Å². The number of carbonyl (C=O) groups excluding carboxylic acids is 6. The van der Waals surface area contributed by atoms with E-state index in [1.165, 1.54) is 0 Å². The Balaban J connectivity index is 1.92. The third-order valence-corrected chi connectivity index (χ3v) is 4.56. The average molecular weight is 294 g/mol. The maximum atomic E-state index is 11.8. The van der Waals surface area contributed by atoms with Crippen LogP contribution in [0.2, 0.25) is 0 Å². The molecule has 1 saturated carbocycles. The first-order valence-electron chi connectivity index (χ1n) is 6.18. The molecule has 1 aliphatic carbocycles. The summed E-state index contributed by atoms with van der Waals surface area (Å²) in [6, 6.07) is 0. The first kappa shape index (κ1) is 12.2. The molecular weight excluding hydrogens is 288 g/mol. The summed E-state index contributed by atoms with van der Waals surface area (Å²) in [7, 11) is 0. The van der Waals surface area contributed by atoms with Crippen molar-refractivity contribution in [3.8, 4) is 0 Å². The summed E-state index contributed by atoms with van der Waals surface area (Å²) in [5, 5.41) is 0. The minimum Gasteiger partial charge on any atom is -0.393 e. The van der Waals surface area contributed by atoms with Crippen molar-refractivity contribution in [2.75, 3.05) is 0 Å². The van der Waals surface area contributed by atoms with Gasteiger partial charge in [0.25, 0.3) is 0 Å². The summed E-state index contributed by atoms with van der Waals surface area (Å²) in [4.78, 5) is 70.7. The van der Waals surface area contributed by atoms with E-state index in [1.54, 1.807) is 0 Å². The molecule has 9 heteroatoms. The first-order chi connectivity index (χ1) is 9.91. The maximum absolute atomic E-state index is 11.8. The van der Waals surface area contributed by atoms with Crippen LogP contribution < -0.4 is 0 Å². The quantitative estimate of drug-likeness (QED) is 0.281. The zero-order chi connectivity index (χ0) is 15.0. The second kappa shape index (κ2) is 3.54. The van der Waals surface area contributed by atoms with E-state index in [1.807, 2.05) is 0 Å². The number of fused-ring (bicyclic) bond motifs is 6. The van der Waals surface area contributed by atoms with Crippen LogP contribution in [0, 0.1) is 35.5 Å². The van der Waals surface area contributed by atoms with E-state index in [0.717, 1.165) is 0 Å². The molecule has 0 N–H and O–H groups in total. The predicted molar refractivity (Wildman–Crippen MR) is 54.2 cm³/mol. The Hall–Kier alpha value is -2.58. The summed E-state index contributed by atoms with van der Waals surface area (Å²) in [6.07, 6.45) is 0. The topological polar surface area (TPSA) is 130 Å². The predicted octanol–water partition coefficient (Wildman–Crippen LogP) is -2.05. The fraction of sp³-hybridized carbons (Fsp3) is 0.500. The Morgan fingerprint density at radius 1 is 0.381 bits per heavy atom. The van der Waals surface area contributed by atoms with Gasteiger partial charge < -0.3 is 14.2 Å². The monoisotopic (exact) mass is 294 g/mol. The van der Waals surface area contributed by atoms with Crippen molar-refractivity contribution in [3.05, 3.63) is 0 Å². The second-order valence-electron chi connectivity index (χ2n) is 5.38. The molecule has 0 aromatic heterocycles. The van der Waals surface area contributed by atoms with E-state index >= 15 is 0 Å². The van der Waals surface area contributed by atoms with Crippen molar-refractivity contribution in [2.45, 2.75) is 0 Å².